The molecule has 0 saturated carbocycles. The van der Waals surface area contributed by atoms with Crippen LogP contribution in [-0.2, 0) is 4.79 Å². The van der Waals surface area contributed by atoms with Gasteiger partial charge in [-0.05, 0) is 45.6 Å². The van der Waals surface area contributed by atoms with E-state index in [1.165, 1.54) is 12.8 Å². The molecule has 1 amide bonds. The summed E-state index contributed by atoms with van der Waals surface area (Å²) in [4.78, 5) is 14.4. The van der Waals surface area contributed by atoms with E-state index < -0.39 is 0 Å². The number of hydrogen-bond acceptors (Lipinski definition) is 2. The minimum Gasteiger partial charge on any atom is -0.336 e. The minimum absolute atomic E-state index is 0.111. The molecule has 2 aliphatic rings. The number of nitrogens with one attached hydrogen (secondary N) is 1. The maximum absolute atomic E-state index is 12.3. The zero-order valence-corrected chi connectivity index (χ0v) is 9.83. The maximum Gasteiger partial charge on any atom is 0.240 e. The van der Waals surface area contributed by atoms with Crippen LogP contribution < -0.4 is 5.32 Å². The number of likely N-dealkylation sites (tertiary alicyclic amines) is 1. The Labute approximate surface area is 92.2 Å². The van der Waals surface area contributed by atoms with Crippen molar-refractivity contribution in [1.29, 1.82) is 0 Å². The van der Waals surface area contributed by atoms with E-state index >= 15 is 0 Å². The van der Waals surface area contributed by atoms with Crippen LogP contribution in [0.4, 0.5) is 0 Å². The van der Waals surface area contributed by atoms with Crippen molar-refractivity contribution in [2.75, 3.05) is 6.54 Å². The van der Waals surface area contributed by atoms with Crippen molar-refractivity contribution >= 4 is 5.91 Å². The van der Waals surface area contributed by atoms with Crippen molar-refractivity contribution < 1.29 is 4.79 Å². The SMILES string of the molecule is CCC1CCC(C)N1C(=O)[C@@H]1CCCN1. The molecule has 0 bridgehead atoms. The molecule has 3 atom stereocenters. The minimum atomic E-state index is 0.111. The van der Waals surface area contributed by atoms with E-state index in [4.69, 9.17) is 0 Å². The third-order valence-corrected chi connectivity index (χ3v) is 3.87. The molecule has 0 aliphatic carbocycles. The molecule has 0 aromatic rings. The lowest BCUT2D eigenvalue weighted by atomic mass is 10.1. The van der Waals surface area contributed by atoms with Crippen molar-refractivity contribution in [1.82, 2.24) is 10.2 Å². The Morgan fingerprint density at radius 1 is 1.40 bits per heavy atom. The highest BCUT2D eigenvalue weighted by atomic mass is 16.2. The molecule has 1 N–H and O–H groups in total. The van der Waals surface area contributed by atoms with Gasteiger partial charge in [0, 0.05) is 12.1 Å². The summed E-state index contributed by atoms with van der Waals surface area (Å²) < 4.78 is 0. The molecule has 2 fully saturated rings. The number of hydrogen-bond donors (Lipinski definition) is 1. The summed E-state index contributed by atoms with van der Waals surface area (Å²) in [6, 6.07) is 1.05. The van der Waals surface area contributed by atoms with E-state index in [0.29, 0.717) is 18.0 Å². The van der Waals surface area contributed by atoms with Crippen molar-refractivity contribution in [3.63, 3.8) is 0 Å². The fraction of sp³-hybridized carbons (Fsp3) is 0.917. The molecular formula is C12H22N2O. The van der Waals surface area contributed by atoms with E-state index in [1.54, 1.807) is 0 Å². The molecule has 0 aromatic heterocycles. The smallest absolute Gasteiger partial charge is 0.240 e. The van der Waals surface area contributed by atoms with Crippen molar-refractivity contribution in [3.05, 3.63) is 0 Å². The first-order valence-corrected chi connectivity index (χ1v) is 6.29. The first kappa shape index (κ1) is 10.9. The van der Waals surface area contributed by atoms with Crippen LogP contribution in [-0.4, -0.2) is 35.5 Å². The summed E-state index contributed by atoms with van der Waals surface area (Å²) in [6.07, 6.45) is 5.64. The van der Waals surface area contributed by atoms with Crippen molar-refractivity contribution in [2.45, 2.75) is 64.1 Å². The van der Waals surface area contributed by atoms with E-state index in [2.05, 4.69) is 24.1 Å². The van der Waals surface area contributed by atoms with Gasteiger partial charge in [0.1, 0.15) is 0 Å². The van der Waals surface area contributed by atoms with E-state index in [-0.39, 0.29) is 6.04 Å². The number of carbonyl (C=O) groups is 1. The van der Waals surface area contributed by atoms with Crippen molar-refractivity contribution in [2.24, 2.45) is 0 Å². The second-order valence-electron chi connectivity index (χ2n) is 4.88. The molecular weight excluding hydrogens is 188 g/mol. The number of carbonyl (C=O) groups excluding carboxylic acids is 1. The van der Waals surface area contributed by atoms with Gasteiger partial charge in [0.05, 0.1) is 6.04 Å². The van der Waals surface area contributed by atoms with Gasteiger partial charge >= 0.3 is 0 Å². The monoisotopic (exact) mass is 210 g/mol. The molecule has 3 heteroatoms. The molecule has 2 aliphatic heterocycles. The second-order valence-corrected chi connectivity index (χ2v) is 4.88. The predicted octanol–water partition coefficient (Wildman–Crippen LogP) is 1.53. The van der Waals surface area contributed by atoms with Crippen molar-refractivity contribution in [3.8, 4) is 0 Å². The first-order valence-electron chi connectivity index (χ1n) is 6.29. The van der Waals surface area contributed by atoms with Crippen LogP contribution in [0.25, 0.3) is 0 Å². The molecule has 0 aromatic carbocycles. The molecule has 3 nitrogen and oxygen atoms in total. The normalized spacial score (nSPS) is 36.1. The standard InChI is InChI=1S/C12H22N2O/c1-3-10-7-6-9(2)14(10)12(15)11-5-4-8-13-11/h9-11,13H,3-8H2,1-2H3/t9?,10?,11-/m0/s1. The molecule has 15 heavy (non-hydrogen) atoms. The van der Waals surface area contributed by atoms with Crippen LogP contribution in [0.1, 0.15) is 46.0 Å². The van der Waals surface area contributed by atoms with Gasteiger partial charge in [0.25, 0.3) is 0 Å². The topological polar surface area (TPSA) is 32.3 Å². The van der Waals surface area contributed by atoms with Gasteiger partial charge in [0.15, 0.2) is 0 Å². The molecule has 2 unspecified atom stereocenters. The highest BCUT2D eigenvalue weighted by molar-refractivity contribution is 5.83. The lowest BCUT2D eigenvalue weighted by molar-refractivity contribution is -0.135. The van der Waals surface area contributed by atoms with Crippen LogP contribution in [0.2, 0.25) is 0 Å². The third-order valence-electron chi connectivity index (χ3n) is 3.87. The molecule has 86 valence electrons. The summed E-state index contributed by atoms with van der Waals surface area (Å²) >= 11 is 0. The van der Waals surface area contributed by atoms with Crippen LogP contribution in [0.5, 0.6) is 0 Å². The van der Waals surface area contributed by atoms with Crippen LogP contribution in [0, 0.1) is 0 Å². The fourth-order valence-electron chi connectivity index (χ4n) is 2.94. The van der Waals surface area contributed by atoms with Crippen LogP contribution in [0.3, 0.4) is 0 Å². The Balaban J connectivity index is 2.03. The summed E-state index contributed by atoms with van der Waals surface area (Å²) in [5.41, 5.74) is 0. The largest absolute Gasteiger partial charge is 0.336 e. The van der Waals surface area contributed by atoms with Gasteiger partial charge in [-0.2, -0.15) is 0 Å². The lowest BCUT2D eigenvalue weighted by Crippen LogP contribution is -2.48. The predicted molar refractivity (Wildman–Crippen MR) is 60.6 cm³/mol. The Kier molecular flexibility index (Phi) is 3.29. The maximum atomic E-state index is 12.3. The highest BCUT2D eigenvalue weighted by Gasteiger charge is 2.37. The van der Waals surface area contributed by atoms with Gasteiger partial charge in [-0.15, -0.1) is 0 Å². The van der Waals surface area contributed by atoms with Gasteiger partial charge in [0.2, 0.25) is 5.91 Å². The van der Waals surface area contributed by atoms with Crippen LogP contribution in [0.15, 0.2) is 0 Å². The van der Waals surface area contributed by atoms with Gasteiger partial charge in [-0.1, -0.05) is 6.92 Å². The number of nitrogens with zero attached hydrogens (tertiary/aromatic N) is 1. The summed E-state index contributed by atoms with van der Waals surface area (Å²) in [7, 11) is 0. The Hall–Kier alpha value is -0.570. The average molecular weight is 210 g/mol. The molecule has 2 saturated heterocycles. The van der Waals surface area contributed by atoms with Crippen LogP contribution >= 0.6 is 0 Å². The Bertz CT molecular complexity index is 236. The van der Waals surface area contributed by atoms with Gasteiger partial charge < -0.3 is 10.2 Å². The zero-order chi connectivity index (χ0) is 10.8. The summed E-state index contributed by atoms with van der Waals surface area (Å²) in [5, 5.41) is 3.31. The number of amides is 1. The zero-order valence-electron chi connectivity index (χ0n) is 9.83. The van der Waals surface area contributed by atoms with E-state index in [9.17, 15) is 4.79 Å². The Morgan fingerprint density at radius 3 is 2.80 bits per heavy atom. The highest BCUT2D eigenvalue weighted by Crippen LogP contribution is 2.27. The van der Waals surface area contributed by atoms with E-state index in [0.717, 1.165) is 25.8 Å². The summed E-state index contributed by atoms with van der Waals surface area (Å²) in [5.74, 6) is 0.351. The molecule has 0 radical (unpaired) electrons. The van der Waals surface area contributed by atoms with Gasteiger partial charge in [-0.3, -0.25) is 4.79 Å². The summed E-state index contributed by atoms with van der Waals surface area (Å²) in [6.45, 7) is 5.38. The number of rotatable bonds is 2. The molecule has 2 rings (SSSR count). The average Bonchev–Trinajstić information content (AvgIpc) is 2.85. The van der Waals surface area contributed by atoms with E-state index in [1.807, 2.05) is 0 Å². The molecule has 2 heterocycles. The first-order chi connectivity index (χ1) is 7.24. The second kappa shape index (κ2) is 4.52. The fourth-order valence-corrected chi connectivity index (χ4v) is 2.94. The lowest BCUT2D eigenvalue weighted by Gasteiger charge is -2.30. The van der Waals surface area contributed by atoms with Gasteiger partial charge in [-0.25, -0.2) is 0 Å². The Morgan fingerprint density at radius 2 is 2.20 bits per heavy atom. The quantitative estimate of drug-likeness (QED) is 0.749. The molecule has 0 spiro atoms. The third kappa shape index (κ3) is 2.03.